The van der Waals surface area contributed by atoms with Crippen molar-refractivity contribution in [3.63, 3.8) is 0 Å². The second-order valence-corrected chi connectivity index (χ2v) is 6.20. The van der Waals surface area contributed by atoms with Crippen molar-refractivity contribution < 1.29 is 8.42 Å². The predicted octanol–water partition coefficient (Wildman–Crippen LogP) is 0.570. The summed E-state index contributed by atoms with van der Waals surface area (Å²) in [4.78, 5) is 0.668. The zero-order chi connectivity index (χ0) is 11.9. The van der Waals surface area contributed by atoms with Gasteiger partial charge in [0, 0.05) is 17.7 Å². The van der Waals surface area contributed by atoms with Crippen LogP contribution in [-0.4, -0.2) is 32.8 Å². The van der Waals surface area contributed by atoms with Crippen LogP contribution in [0, 0.1) is 6.92 Å². The molecule has 0 spiro atoms. The molecule has 0 aliphatic rings. The van der Waals surface area contributed by atoms with E-state index in [9.17, 15) is 8.42 Å². The summed E-state index contributed by atoms with van der Waals surface area (Å²) in [5.74, 6) is 0.381. The highest BCUT2D eigenvalue weighted by atomic mass is 35.7. The van der Waals surface area contributed by atoms with Gasteiger partial charge in [0.2, 0.25) is 0 Å². The summed E-state index contributed by atoms with van der Waals surface area (Å²) in [7, 11) is 2.83. The second-order valence-electron chi connectivity index (χ2n) is 2.99. The smallest absolute Gasteiger partial charge is 0.296 e. The van der Waals surface area contributed by atoms with Gasteiger partial charge >= 0.3 is 0 Å². The summed E-state index contributed by atoms with van der Waals surface area (Å²) in [6, 6.07) is 0. The summed E-state index contributed by atoms with van der Waals surface area (Å²) in [6.07, 6.45) is 0. The first kappa shape index (κ1) is 11.4. The van der Waals surface area contributed by atoms with E-state index in [2.05, 4.69) is 19.8 Å². The van der Waals surface area contributed by atoms with Crippen molar-refractivity contribution in [1.82, 2.24) is 24.4 Å². The third kappa shape index (κ3) is 1.81. The maximum Gasteiger partial charge on any atom is 0.296 e. The minimum Gasteiger partial charge on any atom is -0.299 e. The molecule has 0 saturated carbocycles. The topological polar surface area (TPSA) is 90.6 Å². The van der Waals surface area contributed by atoms with E-state index in [4.69, 9.17) is 10.7 Å². The number of aryl methyl sites for hydroxylation is 1. The highest BCUT2D eigenvalue weighted by molar-refractivity contribution is 8.13. The van der Waals surface area contributed by atoms with Gasteiger partial charge in [0.05, 0.1) is 5.69 Å². The normalized spacial score (nSPS) is 11.9. The Balaban J connectivity index is 2.63. The van der Waals surface area contributed by atoms with Crippen LogP contribution in [-0.2, 0) is 16.1 Å². The molecule has 0 aliphatic carbocycles. The zero-order valence-corrected chi connectivity index (χ0v) is 10.6. The van der Waals surface area contributed by atoms with Crippen molar-refractivity contribution >= 4 is 31.3 Å². The second kappa shape index (κ2) is 3.75. The van der Waals surface area contributed by atoms with E-state index in [0.29, 0.717) is 16.4 Å². The van der Waals surface area contributed by atoms with Gasteiger partial charge in [-0.25, -0.2) is 8.42 Å². The lowest BCUT2D eigenvalue weighted by Gasteiger charge is -1.98. The molecule has 7 nitrogen and oxygen atoms in total. The molecule has 0 aliphatic heterocycles. The Labute approximate surface area is 99.7 Å². The molecule has 0 radical (unpaired) electrons. The minimum absolute atomic E-state index is 0.294. The van der Waals surface area contributed by atoms with E-state index in [-0.39, 0.29) is 5.16 Å². The van der Waals surface area contributed by atoms with Gasteiger partial charge in [0.1, 0.15) is 4.88 Å². The Bertz CT molecular complexity index is 631. The van der Waals surface area contributed by atoms with Crippen LogP contribution in [0.4, 0.5) is 0 Å². The summed E-state index contributed by atoms with van der Waals surface area (Å²) < 4.78 is 27.3. The number of rotatable bonds is 2. The number of nitrogens with zero attached hydrogens (tertiary/aromatic N) is 5. The van der Waals surface area contributed by atoms with Gasteiger partial charge in [-0.2, -0.15) is 0 Å². The molecule has 2 aromatic heterocycles. The molecule has 2 rings (SSSR count). The van der Waals surface area contributed by atoms with E-state index >= 15 is 0 Å². The summed E-state index contributed by atoms with van der Waals surface area (Å²) >= 11 is 1.12. The molecule has 0 saturated heterocycles. The van der Waals surface area contributed by atoms with Crippen LogP contribution in [0.1, 0.15) is 5.69 Å². The Morgan fingerprint density at radius 1 is 1.31 bits per heavy atom. The lowest BCUT2D eigenvalue weighted by molar-refractivity contribution is 0.593. The van der Waals surface area contributed by atoms with Crippen LogP contribution in [0.3, 0.4) is 0 Å². The van der Waals surface area contributed by atoms with E-state index < -0.39 is 9.05 Å². The van der Waals surface area contributed by atoms with Crippen molar-refractivity contribution in [3.05, 3.63) is 5.69 Å². The first-order valence-corrected chi connectivity index (χ1v) is 7.13. The number of hydrogen-bond acceptors (Lipinski definition) is 7. The third-order valence-corrected chi connectivity index (χ3v) is 3.94. The van der Waals surface area contributed by atoms with Crippen molar-refractivity contribution in [2.75, 3.05) is 0 Å². The number of halogens is 1. The monoisotopic (exact) mass is 279 g/mol. The van der Waals surface area contributed by atoms with Crippen LogP contribution in [0.25, 0.3) is 10.7 Å². The minimum atomic E-state index is -3.89. The number of hydrogen-bond donors (Lipinski definition) is 0. The summed E-state index contributed by atoms with van der Waals surface area (Å²) in [5.41, 5.74) is 0.666. The van der Waals surface area contributed by atoms with Crippen LogP contribution in [0.5, 0.6) is 0 Å². The van der Waals surface area contributed by atoms with Gasteiger partial charge in [0.15, 0.2) is 5.82 Å². The van der Waals surface area contributed by atoms with Crippen molar-refractivity contribution in [3.8, 4) is 10.7 Å². The SMILES string of the molecule is Cc1nnsc1-c1nnc(S(=O)(=O)Cl)n1C. The molecule has 2 heterocycles. The molecule has 10 heteroatoms. The van der Waals surface area contributed by atoms with Crippen LogP contribution in [0.15, 0.2) is 5.16 Å². The lowest BCUT2D eigenvalue weighted by atomic mass is 10.4. The molecular formula is C6H6ClN5O2S2. The van der Waals surface area contributed by atoms with E-state index in [1.807, 2.05) is 0 Å². The van der Waals surface area contributed by atoms with Gasteiger partial charge in [-0.1, -0.05) is 4.49 Å². The fourth-order valence-electron chi connectivity index (χ4n) is 1.16. The Morgan fingerprint density at radius 3 is 2.44 bits per heavy atom. The van der Waals surface area contributed by atoms with Crippen molar-refractivity contribution in [1.29, 1.82) is 0 Å². The molecule has 0 bridgehead atoms. The highest BCUT2D eigenvalue weighted by Crippen LogP contribution is 2.25. The van der Waals surface area contributed by atoms with Gasteiger partial charge in [-0.3, -0.25) is 4.57 Å². The first-order valence-electron chi connectivity index (χ1n) is 4.04. The number of aromatic nitrogens is 5. The summed E-state index contributed by atoms with van der Waals surface area (Å²) in [5, 5.41) is 10.8. The first-order chi connectivity index (χ1) is 7.41. The Morgan fingerprint density at radius 2 is 2.00 bits per heavy atom. The molecular weight excluding hydrogens is 274 g/mol. The van der Waals surface area contributed by atoms with Gasteiger partial charge < -0.3 is 0 Å². The van der Waals surface area contributed by atoms with E-state index in [0.717, 1.165) is 11.5 Å². The van der Waals surface area contributed by atoms with Crippen LogP contribution >= 0.6 is 22.2 Å². The quantitative estimate of drug-likeness (QED) is 0.747. The van der Waals surface area contributed by atoms with Gasteiger partial charge in [-0.15, -0.1) is 15.3 Å². The average Bonchev–Trinajstić information content (AvgIpc) is 2.70. The Kier molecular flexibility index (Phi) is 2.68. The molecule has 0 atom stereocenters. The fraction of sp³-hybridized carbons (Fsp3) is 0.333. The lowest BCUT2D eigenvalue weighted by Crippen LogP contribution is -2.02. The average molecular weight is 280 g/mol. The maximum atomic E-state index is 11.1. The largest absolute Gasteiger partial charge is 0.299 e. The maximum absolute atomic E-state index is 11.1. The summed E-state index contributed by atoms with van der Waals surface area (Å²) in [6.45, 7) is 1.75. The van der Waals surface area contributed by atoms with Gasteiger partial charge in [0.25, 0.3) is 14.2 Å². The molecule has 0 amide bonds. The van der Waals surface area contributed by atoms with Crippen molar-refractivity contribution in [2.45, 2.75) is 12.1 Å². The molecule has 2 aromatic rings. The Hall–Kier alpha value is -1.06. The molecule has 0 aromatic carbocycles. The van der Waals surface area contributed by atoms with Crippen molar-refractivity contribution in [2.24, 2.45) is 7.05 Å². The predicted molar refractivity (Wildman–Crippen MR) is 57.7 cm³/mol. The van der Waals surface area contributed by atoms with Crippen LogP contribution < -0.4 is 0 Å². The molecule has 86 valence electrons. The molecule has 0 unspecified atom stereocenters. The zero-order valence-electron chi connectivity index (χ0n) is 8.25. The third-order valence-electron chi connectivity index (χ3n) is 1.91. The van der Waals surface area contributed by atoms with Gasteiger partial charge in [-0.05, 0) is 18.5 Å². The fourth-order valence-corrected chi connectivity index (χ4v) is 2.79. The van der Waals surface area contributed by atoms with E-state index in [1.165, 1.54) is 11.6 Å². The highest BCUT2D eigenvalue weighted by Gasteiger charge is 2.22. The molecule has 0 fully saturated rings. The van der Waals surface area contributed by atoms with E-state index in [1.54, 1.807) is 6.92 Å². The standard InChI is InChI=1S/C6H6ClN5O2S2/c1-3-4(15-11-8-3)5-9-10-6(12(5)2)16(7,13)14/h1-2H3. The van der Waals surface area contributed by atoms with Crippen LogP contribution in [0.2, 0.25) is 0 Å². The molecule has 16 heavy (non-hydrogen) atoms. The molecule has 0 N–H and O–H groups in total.